The zero-order chi connectivity index (χ0) is 11.3. The molecule has 0 saturated heterocycles. The van der Waals surface area contributed by atoms with Crippen LogP contribution in [0.5, 0.6) is 0 Å². The number of rotatable bonds is 5. The summed E-state index contributed by atoms with van der Waals surface area (Å²) in [4.78, 5) is 1.38. The molecule has 1 N–H and O–H groups in total. The Morgan fingerprint density at radius 1 is 1.47 bits per heavy atom. The maximum absolute atomic E-state index is 5.64. The van der Waals surface area contributed by atoms with Gasteiger partial charge < -0.3 is 10.1 Å². The van der Waals surface area contributed by atoms with E-state index in [1.54, 1.807) is 11.3 Å². The molecule has 1 atom stereocenters. The first-order valence-electron chi connectivity index (χ1n) is 5.40. The quantitative estimate of drug-likeness (QED) is 0.780. The molecule has 0 aliphatic rings. The van der Waals surface area contributed by atoms with Crippen molar-refractivity contribution < 1.29 is 4.74 Å². The summed E-state index contributed by atoms with van der Waals surface area (Å²) < 4.78 is 5.64. The van der Waals surface area contributed by atoms with Crippen molar-refractivity contribution in [3.05, 3.63) is 22.4 Å². The summed E-state index contributed by atoms with van der Waals surface area (Å²) in [6.07, 6.45) is 0. The van der Waals surface area contributed by atoms with Crippen LogP contribution < -0.4 is 5.32 Å². The van der Waals surface area contributed by atoms with Crippen molar-refractivity contribution in [1.82, 2.24) is 5.32 Å². The molecule has 0 saturated carbocycles. The molecule has 3 heteroatoms. The second kappa shape index (κ2) is 5.64. The number of hydrogen-bond acceptors (Lipinski definition) is 3. The standard InChI is InChI=1S/C12H21NOS/c1-10(11-6-5-9-15-11)13-7-8-14-12(2,3)4/h5-6,9-10,13H,7-8H2,1-4H3/t10-/m1/s1. The van der Waals surface area contributed by atoms with Crippen LogP contribution in [-0.4, -0.2) is 18.8 Å². The fraction of sp³-hybridized carbons (Fsp3) is 0.667. The Bertz CT molecular complexity index is 264. The van der Waals surface area contributed by atoms with E-state index in [2.05, 4.69) is 50.5 Å². The van der Waals surface area contributed by atoms with Gasteiger partial charge in [0.05, 0.1) is 12.2 Å². The van der Waals surface area contributed by atoms with Crippen LogP contribution in [0.15, 0.2) is 17.5 Å². The predicted molar refractivity (Wildman–Crippen MR) is 66.4 cm³/mol. The topological polar surface area (TPSA) is 21.3 Å². The Hall–Kier alpha value is -0.380. The van der Waals surface area contributed by atoms with Crippen molar-refractivity contribution in [2.24, 2.45) is 0 Å². The fourth-order valence-electron chi connectivity index (χ4n) is 1.27. The first-order chi connectivity index (χ1) is 6.99. The van der Waals surface area contributed by atoms with Crippen LogP contribution in [0.1, 0.15) is 38.6 Å². The van der Waals surface area contributed by atoms with Crippen molar-refractivity contribution in [2.75, 3.05) is 13.2 Å². The molecule has 0 fully saturated rings. The van der Waals surface area contributed by atoms with E-state index in [1.807, 2.05) is 0 Å². The molecule has 0 unspecified atom stereocenters. The summed E-state index contributed by atoms with van der Waals surface area (Å²) in [6.45, 7) is 10.1. The molecule has 0 amide bonds. The van der Waals surface area contributed by atoms with E-state index in [1.165, 1.54) is 4.88 Å². The highest BCUT2D eigenvalue weighted by atomic mass is 32.1. The van der Waals surface area contributed by atoms with E-state index in [9.17, 15) is 0 Å². The molecule has 0 aliphatic carbocycles. The zero-order valence-electron chi connectivity index (χ0n) is 10.0. The molecular formula is C12H21NOS. The lowest BCUT2D eigenvalue weighted by Gasteiger charge is -2.20. The van der Waals surface area contributed by atoms with Crippen LogP contribution in [0.25, 0.3) is 0 Å². The van der Waals surface area contributed by atoms with Gasteiger partial charge in [0, 0.05) is 17.5 Å². The molecule has 0 radical (unpaired) electrons. The van der Waals surface area contributed by atoms with Crippen molar-refractivity contribution >= 4 is 11.3 Å². The molecule has 1 aromatic rings. The number of ether oxygens (including phenoxy) is 1. The van der Waals surface area contributed by atoms with Crippen LogP contribution in [-0.2, 0) is 4.74 Å². The lowest BCUT2D eigenvalue weighted by Crippen LogP contribution is -2.27. The monoisotopic (exact) mass is 227 g/mol. The van der Waals surface area contributed by atoms with Gasteiger partial charge in [-0.2, -0.15) is 0 Å². The van der Waals surface area contributed by atoms with E-state index >= 15 is 0 Å². The van der Waals surface area contributed by atoms with Crippen LogP contribution in [0, 0.1) is 0 Å². The van der Waals surface area contributed by atoms with Crippen LogP contribution in [0.4, 0.5) is 0 Å². The summed E-state index contributed by atoms with van der Waals surface area (Å²) in [5.41, 5.74) is -0.0339. The van der Waals surface area contributed by atoms with Crippen LogP contribution in [0.3, 0.4) is 0 Å². The summed E-state index contributed by atoms with van der Waals surface area (Å²) in [5.74, 6) is 0. The lowest BCUT2D eigenvalue weighted by atomic mass is 10.2. The molecule has 1 aromatic heterocycles. The van der Waals surface area contributed by atoms with Gasteiger partial charge in [-0.3, -0.25) is 0 Å². The Kier molecular flexibility index (Phi) is 4.77. The van der Waals surface area contributed by atoms with Gasteiger partial charge in [-0.25, -0.2) is 0 Å². The Morgan fingerprint density at radius 3 is 2.73 bits per heavy atom. The minimum absolute atomic E-state index is 0.0339. The third kappa shape index (κ3) is 5.30. The molecule has 0 bridgehead atoms. The van der Waals surface area contributed by atoms with Gasteiger partial charge in [-0.05, 0) is 39.1 Å². The van der Waals surface area contributed by atoms with E-state index in [0.717, 1.165) is 13.2 Å². The normalized spacial score (nSPS) is 14.1. The minimum Gasteiger partial charge on any atom is -0.375 e. The van der Waals surface area contributed by atoms with Crippen molar-refractivity contribution in [2.45, 2.75) is 39.3 Å². The number of nitrogens with one attached hydrogen (secondary N) is 1. The molecular weight excluding hydrogens is 206 g/mol. The van der Waals surface area contributed by atoms with Gasteiger partial charge in [0.25, 0.3) is 0 Å². The lowest BCUT2D eigenvalue weighted by molar-refractivity contribution is -0.00146. The van der Waals surface area contributed by atoms with E-state index < -0.39 is 0 Å². The first kappa shape index (κ1) is 12.7. The van der Waals surface area contributed by atoms with Crippen molar-refractivity contribution in [3.63, 3.8) is 0 Å². The number of hydrogen-bond donors (Lipinski definition) is 1. The Labute approximate surface area is 96.7 Å². The van der Waals surface area contributed by atoms with Crippen LogP contribution in [0.2, 0.25) is 0 Å². The van der Waals surface area contributed by atoms with Gasteiger partial charge >= 0.3 is 0 Å². The van der Waals surface area contributed by atoms with Crippen molar-refractivity contribution in [3.8, 4) is 0 Å². The molecule has 0 aromatic carbocycles. The second-order valence-corrected chi connectivity index (χ2v) is 5.63. The molecule has 0 spiro atoms. The molecule has 1 heterocycles. The smallest absolute Gasteiger partial charge is 0.0599 e. The highest BCUT2D eigenvalue weighted by Gasteiger charge is 2.10. The highest BCUT2D eigenvalue weighted by molar-refractivity contribution is 7.10. The van der Waals surface area contributed by atoms with E-state index in [4.69, 9.17) is 4.74 Å². The maximum Gasteiger partial charge on any atom is 0.0599 e. The third-order valence-corrected chi connectivity index (χ3v) is 3.11. The van der Waals surface area contributed by atoms with Gasteiger partial charge in [0.1, 0.15) is 0 Å². The van der Waals surface area contributed by atoms with Gasteiger partial charge in [-0.15, -0.1) is 11.3 Å². The molecule has 15 heavy (non-hydrogen) atoms. The highest BCUT2D eigenvalue weighted by Crippen LogP contribution is 2.17. The average Bonchev–Trinajstić information content (AvgIpc) is 2.63. The summed E-state index contributed by atoms with van der Waals surface area (Å²) in [6, 6.07) is 4.67. The molecule has 2 nitrogen and oxygen atoms in total. The third-order valence-electron chi connectivity index (χ3n) is 2.06. The zero-order valence-corrected chi connectivity index (χ0v) is 10.9. The largest absolute Gasteiger partial charge is 0.375 e. The predicted octanol–water partition coefficient (Wildman–Crippen LogP) is 3.21. The Morgan fingerprint density at radius 2 is 2.20 bits per heavy atom. The number of thiophene rings is 1. The van der Waals surface area contributed by atoms with Gasteiger partial charge in [0.2, 0.25) is 0 Å². The van der Waals surface area contributed by atoms with Crippen LogP contribution >= 0.6 is 11.3 Å². The Balaban J connectivity index is 2.16. The first-order valence-corrected chi connectivity index (χ1v) is 6.28. The molecule has 0 aliphatic heterocycles. The fourth-order valence-corrected chi connectivity index (χ4v) is 2.03. The van der Waals surface area contributed by atoms with Gasteiger partial charge in [-0.1, -0.05) is 6.07 Å². The minimum atomic E-state index is -0.0339. The van der Waals surface area contributed by atoms with E-state index in [-0.39, 0.29) is 5.60 Å². The molecule has 86 valence electrons. The van der Waals surface area contributed by atoms with E-state index in [0.29, 0.717) is 6.04 Å². The van der Waals surface area contributed by atoms with Gasteiger partial charge in [0.15, 0.2) is 0 Å². The second-order valence-electron chi connectivity index (χ2n) is 4.65. The summed E-state index contributed by atoms with van der Waals surface area (Å²) in [5, 5.41) is 5.55. The SMILES string of the molecule is C[C@@H](NCCOC(C)(C)C)c1cccs1. The van der Waals surface area contributed by atoms with Crippen molar-refractivity contribution in [1.29, 1.82) is 0 Å². The summed E-state index contributed by atoms with van der Waals surface area (Å²) in [7, 11) is 0. The average molecular weight is 227 g/mol. The molecule has 1 rings (SSSR count). The summed E-state index contributed by atoms with van der Waals surface area (Å²) >= 11 is 1.79. The maximum atomic E-state index is 5.64.